The van der Waals surface area contributed by atoms with Gasteiger partial charge in [0.05, 0.1) is 12.8 Å². The van der Waals surface area contributed by atoms with Gasteiger partial charge < -0.3 is 19.9 Å². The largest absolute Gasteiger partial charge is 0.497 e. The lowest BCUT2D eigenvalue weighted by molar-refractivity contribution is 0.218. The molecule has 4 nitrogen and oxygen atoms in total. The summed E-state index contributed by atoms with van der Waals surface area (Å²) in [5.41, 5.74) is 6.40. The fourth-order valence-electron chi connectivity index (χ4n) is 1.63. The van der Waals surface area contributed by atoms with Crippen molar-refractivity contribution < 1.29 is 14.2 Å². The fourth-order valence-corrected chi connectivity index (χ4v) is 1.89. The van der Waals surface area contributed by atoms with E-state index in [9.17, 15) is 0 Å². The zero-order valence-corrected chi connectivity index (χ0v) is 12.7. The van der Waals surface area contributed by atoms with Crippen molar-refractivity contribution in [3.05, 3.63) is 46.9 Å². The molecule has 0 saturated heterocycles. The van der Waals surface area contributed by atoms with Crippen LogP contribution in [0, 0.1) is 0 Å². The van der Waals surface area contributed by atoms with Crippen molar-refractivity contribution in [2.45, 2.75) is 0 Å². The van der Waals surface area contributed by atoms with Crippen LogP contribution in [0.5, 0.6) is 17.2 Å². The number of hydrogen-bond acceptors (Lipinski definition) is 4. The van der Waals surface area contributed by atoms with Gasteiger partial charge in [0.2, 0.25) is 0 Å². The first kappa shape index (κ1) is 14.5. The van der Waals surface area contributed by atoms with Gasteiger partial charge in [-0.15, -0.1) is 0 Å². The van der Waals surface area contributed by atoms with E-state index in [2.05, 4.69) is 15.9 Å². The Balaban J connectivity index is 1.79. The summed E-state index contributed by atoms with van der Waals surface area (Å²) in [5, 5.41) is 0. The molecule has 0 atom stereocenters. The van der Waals surface area contributed by atoms with Crippen LogP contribution in [0.4, 0.5) is 5.69 Å². The van der Waals surface area contributed by atoms with Crippen LogP contribution in [0.15, 0.2) is 46.9 Å². The van der Waals surface area contributed by atoms with Crippen molar-refractivity contribution in [2.75, 3.05) is 26.1 Å². The topological polar surface area (TPSA) is 53.7 Å². The first-order chi connectivity index (χ1) is 9.69. The highest BCUT2D eigenvalue weighted by Gasteiger charge is 2.02. The van der Waals surface area contributed by atoms with E-state index in [0.29, 0.717) is 30.4 Å². The zero-order valence-electron chi connectivity index (χ0n) is 11.1. The molecule has 2 N–H and O–H groups in total. The van der Waals surface area contributed by atoms with E-state index in [-0.39, 0.29) is 0 Å². The van der Waals surface area contributed by atoms with Crippen molar-refractivity contribution in [2.24, 2.45) is 0 Å². The molecule has 0 aliphatic heterocycles. The molecule has 106 valence electrons. The Kier molecular flexibility index (Phi) is 5.12. The molecule has 20 heavy (non-hydrogen) atoms. The molecule has 2 rings (SSSR count). The lowest BCUT2D eigenvalue weighted by atomic mass is 10.3. The Labute approximate surface area is 126 Å². The number of nitrogen functional groups attached to an aromatic ring is 1. The number of halogens is 1. The second-order valence-corrected chi connectivity index (χ2v) is 4.97. The third-order valence-corrected chi connectivity index (χ3v) is 3.17. The Hall–Kier alpha value is -1.88. The smallest absolute Gasteiger partial charge is 0.142 e. The Morgan fingerprint density at radius 2 is 1.60 bits per heavy atom. The molecule has 0 bridgehead atoms. The Morgan fingerprint density at radius 3 is 2.25 bits per heavy atom. The third-order valence-electron chi connectivity index (χ3n) is 2.64. The maximum absolute atomic E-state index is 5.86. The second kappa shape index (κ2) is 7.05. The highest BCUT2D eigenvalue weighted by atomic mass is 79.9. The number of rotatable bonds is 6. The lowest BCUT2D eigenvalue weighted by Crippen LogP contribution is -2.09. The van der Waals surface area contributed by atoms with Gasteiger partial charge in [0.15, 0.2) is 0 Å². The maximum atomic E-state index is 5.86. The summed E-state index contributed by atoms with van der Waals surface area (Å²) < 4.78 is 17.2. The predicted octanol–water partition coefficient (Wildman–Crippen LogP) is 3.50. The van der Waals surface area contributed by atoms with Crippen molar-refractivity contribution in [1.82, 2.24) is 0 Å². The molecule has 0 heterocycles. The summed E-state index contributed by atoms with van der Waals surface area (Å²) in [7, 11) is 1.60. The van der Waals surface area contributed by atoms with Crippen LogP contribution >= 0.6 is 15.9 Å². The molecule has 2 aromatic carbocycles. The van der Waals surface area contributed by atoms with Gasteiger partial charge in [-0.2, -0.15) is 0 Å². The van der Waals surface area contributed by atoms with Gasteiger partial charge in [0, 0.05) is 10.5 Å². The number of methoxy groups -OCH3 is 1. The van der Waals surface area contributed by atoms with Gasteiger partial charge in [-0.3, -0.25) is 0 Å². The highest BCUT2D eigenvalue weighted by molar-refractivity contribution is 9.10. The molecule has 0 aliphatic carbocycles. The van der Waals surface area contributed by atoms with E-state index in [4.69, 9.17) is 19.9 Å². The average molecular weight is 338 g/mol. The van der Waals surface area contributed by atoms with Gasteiger partial charge in [-0.1, -0.05) is 15.9 Å². The lowest BCUT2D eigenvalue weighted by Gasteiger charge is -2.11. The Bertz CT molecular complexity index is 558. The number of benzene rings is 2. The number of hydrogen-bond donors (Lipinski definition) is 1. The van der Waals surface area contributed by atoms with E-state index in [1.54, 1.807) is 25.3 Å². The van der Waals surface area contributed by atoms with Gasteiger partial charge in [0.1, 0.15) is 30.5 Å². The van der Waals surface area contributed by atoms with Gasteiger partial charge in [-0.05, 0) is 36.4 Å². The minimum atomic E-state index is 0.423. The van der Waals surface area contributed by atoms with Crippen LogP contribution in [0.25, 0.3) is 0 Å². The summed E-state index contributed by atoms with van der Waals surface area (Å²) >= 11 is 3.37. The van der Waals surface area contributed by atoms with E-state index >= 15 is 0 Å². The normalized spacial score (nSPS) is 10.1. The molecule has 0 fully saturated rings. The van der Waals surface area contributed by atoms with Crippen LogP contribution in [-0.4, -0.2) is 20.3 Å². The summed E-state index contributed by atoms with van der Waals surface area (Å²) in [6, 6.07) is 13.0. The molecular formula is C15H16BrNO3. The van der Waals surface area contributed by atoms with E-state index in [1.807, 2.05) is 24.3 Å². The van der Waals surface area contributed by atoms with Crippen molar-refractivity contribution in [1.29, 1.82) is 0 Å². The first-order valence-electron chi connectivity index (χ1n) is 6.14. The molecule has 0 amide bonds. The van der Waals surface area contributed by atoms with Gasteiger partial charge in [0.25, 0.3) is 0 Å². The van der Waals surface area contributed by atoms with Crippen LogP contribution in [0.3, 0.4) is 0 Å². The summed E-state index contributed by atoms with van der Waals surface area (Å²) in [4.78, 5) is 0. The zero-order chi connectivity index (χ0) is 14.4. The molecule has 0 saturated carbocycles. The minimum Gasteiger partial charge on any atom is -0.497 e. The monoisotopic (exact) mass is 337 g/mol. The number of anilines is 1. The molecule has 0 aromatic heterocycles. The van der Waals surface area contributed by atoms with Crippen LogP contribution in [0.2, 0.25) is 0 Å². The minimum absolute atomic E-state index is 0.423. The third kappa shape index (κ3) is 4.06. The maximum Gasteiger partial charge on any atom is 0.142 e. The second-order valence-electron chi connectivity index (χ2n) is 4.05. The van der Waals surface area contributed by atoms with Crippen molar-refractivity contribution in [3.8, 4) is 17.2 Å². The summed E-state index contributed by atoms with van der Waals surface area (Å²) in [6.07, 6.45) is 0. The molecule has 2 aromatic rings. The molecular weight excluding hydrogens is 322 g/mol. The fraction of sp³-hybridized carbons (Fsp3) is 0.200. The highest BCUT2D eigenvalue weighted by Crippen LogP contribution is 2.26. The van der Waals surface area contributed by atoms with Gasteiger partial charge >= 0.3 is 0 Å². The first-order valence-corrected chi connectivity index (χ1v) is 6.93. The standard InChI is InChI=1S/C15H16BrNO3/c1-18-13-6-7-15(14(17)10-13)20-9-8-19-12-4-2-11(16)3-5-12/h2-7,10H,8-9,17H2,1H3. The quantitative estimate of drug-likeness (QED) is 0.647. The molecule has 0 radical (unpaired) electrons. The van der Waals surface area contributed by atoms with E-state index in [1.165, 1.54) is 0 Å². The van der Waals surface area contributed by atoms with Crippen LogP contribution in [-0.2, 0) is 0 Å². The molecule has 5 heteroatoms. The number of nitrogens with two attached hydrogens (primary N) is 1. The Morgan fingerprint density at radius 1 is 0.950 bits per heavy atom. The summed E-state index contributed by atoms with van der Waals surface area (Å²) in [6.45, 7) is 0.875. The van der Waals surface area contributed by atoms with Crippen molar-refractivity contribution in [3.63, 3.8) is 0 Å². The molecule has 0 spiro atoms. The van der Waals surface area contributed by atoms with E-state index < -0.39 is 0 Å². The average Bonchev–Trinajstić information content (AvgIpc) is 2.46. The molecule has 0 unspecified atom stereocenters. The summed E-state index contributed by atoms with van der Waals surface area (Å²) in [5.74, 6) is 2.14. The SMILES string of the molecule is COc1ccc(OCCOc2ccc(Br)cc2)c(N)c1. The molecule has 0 aliphatic rings. The predicted molar refractivity (Wildman–Crippen MR) is 82.5 cm³/mol. The van der Waals surface area contributed by atoms with Gasteiger partial charge in [-0.25, -0.2) is 0 Å². The van der Waals surface area contributed by atoms with Crippen molar-refractivity contribution >= 4 is 21.6 Å². The van der Waals surface area contributed by atoms with Crippen LogP contribution < -0.4 is 19.9 Å². The van der Waals surface area contributed by atoms with Crippen LogP contribution in [0.1, 0.15) is 0 Å². The van der Waals surface area contributed by atoms with E-state index in [0.717, 1.165) is 10.2 Å². The number of ether oxygens (including phenoxy) is 3.